The normalized spacial score (nSPS) is 11.7. The molecular formula is C72H45NO2. The monoisotopic (exact) mass is 955 g/mol. The van der Waals surface area contributed by atoms with E-state index >= 15 is 0 Å². The van der Waals surface area contributed by atoms with E-state index < -0.39 is 0 Å². The molecule has 0 radical (unpaired) electrons. The molecule has 3 nitrogen and oxygen atoms in total. The standard InChI is InChI=1S/C72H45NO2/c1-4-14-46(15-5-1)49-26-28-50(29-27-49)57-39-56(48-18-8-3-9-19-48)40-58(41-57)54-30-34-62-71(44-54)75-70-25-13-23-60(72(62)70)55-21-12-20-51(38-55)53-32-36-68-64(43-53)65-45-59(33-37-69(65)74-68)73-66-24-11-10-22-61(66)63-42-52(31-35-67(63)73)47-16-6-2-7-17-47/h1-45H. The lowest BCUT2D eigenvalue weighted by Gasteiger charge is -2.12. The van der Waals surface area contributed by atoms with E-state index in [4.69, 9.17) is 8.83 Å². The van der Waals surface area contributed by atoms with E-state index in [9.17, 15) is 0 Å². The number of furan rings is 2. The quantitative estimate of drug-likeness (QED) is 0.152. The minimum absolute atomic E-state index is 0.861. The predicted octanol–water partition coefficient (Wildman–Crippen LogP) is 20.3. The molecule has 0 aliphatic rings. The fraction of sp³-hybridized carbons (Fsp3) is 0. The Hall–Kier alpha value is -9.96. The Morgan fingerprint density at radius 2 is 0.667 bits per heavy atom. The van der Waals surface area contributed by atoms with Gasteiger partial charge in [0.05, 0.1) is 11.0 Å². The van der Waals surface area contributed by atoms with Gasteiger partial charge in [-0.05, 0) is 169 Å². The van der Waals surface area contributed by atoms with Crippen molar-refractivity contribution < 1.29 is 8.83 Å². The second-order valence-corrected chi connectivity index (χ2v) is 19.6. The Bertz CT molecular complexity index is 4670. The zero-order chi connectivity index (χ0) is 49.4. The second-order valence-electron chi connectivity index (χ2n) is 19.6. The lowest BCUT2D eigenvalue weighted by atomic mass is 9.92. The van der Waals surface area contributed by atoms with Crippen LogP contribution in [0.5, 0.6) is 0 Å². The molecule has 350 valence electrons. The van der Waals surface area contributed by atoms with Crippen molar-refractivity contribution in [3.63, 3.8) is 0 Å². The van der Waals surface area contributed by atoms with Crippen LogP contribution in [0.4, 0.5) is 0 Å². The summed E-state index contributed by atoms with van der Waals surface area (Å²) in [7, 11) is 0. The topological polar surface area (TPSA) is 31.2 Å². The maximum Gasteiger partial charge on any atom is 0.136 e. The minimum Gasteiger partial charge on any atom is -0.456 e. The van der Waals surface area contributed by atoms with Gasteiger partial charge in [0.15, 0.2) is 0 Å². The van der Waals surface area contributed by atoms with Gasteiger partial charge in [-0.3, -0.25) is 0 Å². The maximum atomic E-state index is 6.75. The molecule has 0 spiro atoms. The average molecular weight is 956 g/mol. The van der Waals surface area contributed by atoms with Crippen molar-refractivity contribution in [1.29, 1.82) is 0 Å². The van der Waals surface area contributed by atoms with Crippen molar-refractivity contribution in [3.8, 4) is 83.6 Å². The van der Waals surface area contributed by atoms with Gasteiger partial charge in [-0.2, -0.15) is 0 Å². The molecule has 15 rings (SSSR count). The first-order chi connectivity index (χ1) is 37.1. The molecule has 0 atom stereocenters. The minimum atomic E-state index is 0.861. The Labute approximate surface area is 433 Å². The number of benzene rings is 12. The number of fused-ring (bicyclic) bond motifs is 9. The van der Waals surface area contributed by atoms with E-state index in [2.05, 4.69) is 278 Å². The van der Waals surface area contributed by atoms with Crippen molar-refractivity contribution in [2.24, 2.45) is 0 Å². The number of hydrogen-bond acceptors (Lipinski definition) is 2. The Kier molecular flexibility index (Phi) is 9.89. The van der Waals surface area contributed by atoms with Gasteiger partial charge in [-0.1, -0.05) is 182 Å². The molecule has 0 aliphatic heterocycles. The number of para-hydroxylation sites is 1. The van der Waals surface area contributed by atoms with Gasteiger partial charge in [0.2, 0.25) is 0 Å². The number of rotatable bonds is 8. The van der Waals surface area contributed by atoms with Crippen LogP contribution in [0.1, 0.15) is 0 Å². The molecule has 3 aromatic heterocycles. The Morgan fingerprint density at radius 1 is 0.213 bits per heavy atom. The highest BCUT2D eigenvalue weighted by atomic mass is 16.3. The smallest absolute Gasteiger partial charge is 0.136 e. The van der Waals surface area contributed by atoms with Gasteiger partial charge in [0.25, 0.3) is 0 Å². The highest BCUT2D eigenvalue weighted by molar-refractivity contribution is 6.14. The van der Waals surface area contributed by atoms with Crippen LogP contribution in [-0.2, 0) is 0 Å². The van der Waals surface area contributed by atoms with E-state index in [1.54, 1.807) is 0 Å². The van der Waals surface area contributed by atoms with Gasteiger partial charge in [-0.15, -0.1) is 0 Å². The lowest BCUT2D eigenvalue weighted by Crippen LogP contribution is -1.93. The number of hydrogen-bond donors (Lipinski definition) is 0. The molecule has 0 bridgehead atoms. The van der Waals surface area contributed by atoms with Crippen LogP contribution in [-0.4, -0.2) is 4.57 Å². The summed E-state index contributed by atoms with van der Waals surface area (Å²) in [6.45, 7) is 0. The molecule has 0 saturated carbocycles. The van der Waals surface area contributed by atoms with Gasteiger partial charge in [0, 0.05) is 38.0 Å². The van der Waals surface area contributed by atoms with Crippen LogP contribution in [0, 0.1) is 0 Å². The molecule has 0 aliphatic carbocycles. The first kappa shape index (κ1) is 42.7. The second kappa shape index (κ2) is 17.4. The fourth-order valence-electron chi connectivity index (χ4n) is 11.5. The fourth-order valence-corrected chi connectivity index (χ4v) is 11.5. The van der Waals surface area contributed by atoms with E-state index in [0.717, 1.165) is 82.9 Å². The summed E-state index contributed by atoms with van der Waals surface area (Å²) in [6.07, 6.45) is 0. The average Bonchev–Trinajstić information content (AvgIpc) is 4.20. The van der Waals surface area contributed by atoms with Gasteiger partial charge in [0.1, 0.15) is 22.3 Å². The third kappa shape index (κ3) is 7.36. The molecule has 0 amide bonds. The van der Waals surface area contributed by atoms with E-state index in [0.29, 0.717) is 0 Å². The summed E-state index contributed by atoms with van der Waals surface area (Å²) in [6, 6.07) is 98.3. The van der Waals surface area contributed by atoms with Crippen molar-refractivity contribution in [1.82, 2.24) is 4.57 Å². The molecule has 75 heavy (non-hydrogen) atoms. The van der Waals surface area contributed by atoms with Crippen LogP contribution in [0.2, 0.25) is 0 Å². The zero-order valence-corrected chi connectivity index (χ0v) is 40.7. The Balaban J connectivity index is 0.787. The lowest BCUT2D eigenvalue weighted by molar-refractivity contribution is 0.668. The molecule has 12 aromatic carbocycles. The van der Waals surface area contributed by atoms with Crippen molar-refractivity contribution >= 4 is 65.7 Å². The van der Waals surface area contributed by atoms with Crippen LogP contribution >= 0.6 is 0 Å². The van der Waals surface area contributed by atoms with Crippen LogP contribution < -0.4 is 0 Å². The third-order valence-corrected chi connectivity index (χ3v) is 15.2. The van der Waals surface area contributed by atoms with Gasteiger partial charge in [-0.25, -0.2) is 0 Å². The van der Waals surface area contributed by atoms with E-state index in [1.807, 2.05) is 0 Å². The summed E-state index contributed by atoms with van der Waals surface area (Å²) in [5, 5.41) is 6.83. The first-order valence-corrected chi connectivity index (χ1v) is 25.6. The number of nitrogens with zero attached hydrogens (tertiary/aromatic N) is 1. The molecule has 15 aromatic rings. The molecule has 0 fully saturated rings. The van der Waals surface area contributed by atoms with E-state index in [-0.39, 0.29) is 0 Å². The number of aromatic nitrogens is 1. The third-order valence-electron chi connectivity index (χ3n) is 15.2. The molecular weight excluding hydrogens is 911 g/mol. The Morgan fingerprint density at radius 3 is 1.41 bits per heavy atom. The SMILES string of the molecule is c1ccc(-c2ccc(-c3cc(-c4ccccc4)cc(-c4ccc5c(c4)oc4cccc(-c6cccc(-c7ccc8oc9ccc(-n%10c%11ccccc%11c%11cc(-c%12ccccc%12)ccc%11%10)cc9c8c7)c6)c45)c3)cc2)cc1. The van der Waals surface area contributed by atoms with Crippen molar-refractivity contribution in [2.45, 2.75) is 0 Å². The summed E-state index contributed by atoms with van der Waals surface area (Å²) >= 11 is 0. The summed E-state index contributed by atoms with van der Waals surface area (Å²) in [5.74, 6) is 0. The van der Waals surface area contributed by atoms with E-state index in [1.165, 1.54) is 66.3 Å². The van der Waals surface area contributed by atoms with Crippen molar-refractivity contribution in [3.05, 3.63) is 273 Å². The largest absolute Gasteiger partial charge is 0.456 e. The highest BCUT2D eigenvalue weighted by Gasteiger charge is 2.19. The molecule has 0 saturated heterocycles. The highest BCUT2D eigenvalue weighted by Crippen LogP contribution is 2.43. The van der Waals surface area contributed by atoms with Gasteiger partial charge < -0.3 is 13.4 Å². The molecule has 0 N–H and O–H groups in total. The van der Waals surface area contributed by atoms with Crippen LogP contribution in [0.3, 0.4) is 0 Å². The summed E-state index contributed by atoms with van der Waals surface area (Å²) < 4.78 is 15.7. The molecule has 3 heteroatoms. The first-order valence-electron chi connectivity index (χ1n) is 25.6. The van der Waals surface area contributed by atoms with Gasteiger partial charge >= 0.3 is 0 Å². The van der Waals surface area contributed by atoms with Crippen LogP contribution in [0.25, 0.3) is 149 Å². The van der Waals surface area contributed by atoms with Crippen LogP contribution in [0.15, 0.2) is 282 Å². The predicted molar refractivity (Wildman–Crippen MR) is 313 cm³/mol. The summed E-state index contributed by atoms with van der Waals surface area (Å²) in [5.41, 5.74) is 23.2. The molecule has 0 unspecified atom stereocenters. The maximum absolute atomic E-state index is 6.75. The summed E-state index contributed by atoms with van der Waals surface area (Å²) in [4.78, 5) is 0. The molecule has 3 heterocycles. The zero-order valence-electron chi connectivity index (χ0n) is 40.7. The van der Waals surface area contributed by atoms with Crippen molar-refractivity contribution in [2.75, 3.05) is 0 Å².